The maximum atomic E-state index is 12.6. The van der Waals surface area contributed by atoms with Gasteiger partial charge in [-0.15, -0.1) is 0 Å². The van der Waals surface area contributed by atoms with Gasteiger partial charge >= 0.3 is 11.6 Å². The third-order valence-corrected chi connectivity index (χ3v) is 6.36. The number of aromatic nitrogens is 1. The summed E-state index contributed by atoms with van der Waals surface area (Å²) in [6, 6.07) is 11.7. The van der Waals surface area contributed by atoms with E-state index < -0.39 is 0 Å². The normalized spacial score (nSPS) is 20.5. The van der Waals surface area contributed by atoms with E-state index in [0.717, 1.165) is 35.0 Å². The zero-order valence-electron chi connectivity index (χ0n) is 18.5. The molecule has 6 heteroatoms. The number of esters is 1. The molecule has 0 aliphatic heterocycles. The second kappa shape index (κ2) is 9.36. The molecule has 33 heavy (non-hydrogen) atoms. The van der Waals surface area contributed by atoms with E-state index in [2.05, 4.69) is 17.9 Å². The third kappa shape index (κ3) is 4.51. The Balaban J connectivity index is 0.00000259. The van der Waals surface area contributed by atoms with E-state index in [9.17, 15) is 9.59 Å². The van der Waals surface area contributed by atoms with E-state index in [4.69, 9.17) is 9.15 Å². The van der Waals surface area contributed by atoms with Crippen molar-refractivity contribution in [2.45, 2.75) is 19.8 Å². The van der Waals surface area contributed by atoms with E-state index in [1.807, 2.05) is 61.1 Å². The average Bonchev–Trinajstić information content (AvgIpc) is 3.46. The highest BCUT2D eigenvalue weighted by Gasteiger charge is 2.54. The number of hydrogen-bond acceptors (Lipinski definition) is 4. The molecule has 2 aliphatic rings. The van der Waals surface area contributed by atoms with Crippen LogP contribution in [0.4, 0.5) is 0 Å². The van der Waals surface area contributed by atoms with Crippen molar-refractivity contribution < 1.29 is 35.5 Å². The molecule has 3 atom stereocenters. The first-order valence-corrected chi connectivity index (χ1v) is 11.0. The fourth-order valence-corrected chi connectivity index (χ4v) is 4.53. The molecular weight excluding hydrogens is 482 g/mol. The number of hydrogen-bond donors (Lipinski definition) is 0. The van der Waals surface area contributed by atoms with Gasteiger partial charge in [-0.25, -0.2) is 9.36 Å². The molecule has 0 bridgehead atoms. The monoisotopic (exact) mass is 505 g/mol. The molecule has 168 valence electrons. The molecule has 1 saturated carbocycles. The lowest BCUT2D eigenvalue weighted by Gasteiger charge is -2.09. The van der Waals surface area contributed by atoms with Gasteiger partial charge in [0.2, 0.25) is 5.69 Å². The number of aryl methyl sites for hydroxylation is 2. The minimum absolute atomic E-state index is 0. The Labute approximate surface area is 202 Å². The molecule has 3 aromatic rings. The van der Waals surface area contributed by atoms with E-state index in [1.165, 1.54) is 0 Å². The molecule has 1 aromatic carbocycles. The highest BCUT2D eigenvalue weighted by Crippen LogP contribution is 2.50. The minimum Gasteiger partial charge on any atom is -1.00 e. The third-order valence-electron chi connectivity index (χ3n) is 6.36. The van der Waals surface area contributed by atoms with Gasteiger partial charge in [-0.2, -0.15) is 0 Å². The second-order valence-corrected chi connectivity index (χ2v) is 8.38. The van der Waals surface area contributed by atoms with Crippen molar-refractivity contribution >= 4 is 29.1 Å². The molecule has 5 nitrogen and oxygen atoms in total. The van der Waals surface area contributed by atoms with Crippen molar-refractivity contribution in [3.8, 4) is 11.8 Å². The van der Waals surface area contributed by atoms with Crippen LogP contribution >= 0.6 is 0 Å². The van der Waals surface area contributed by atoms with Gasteiger partial charge < -0.3 is 26.1 Å². The molecule has 2 aliphatic carbocycles. The van der Waals surface area contributed by atoms with Gasteiger partial charge in [0, 0.05) is 35.1 Å². The zero-order valence-corrected chi connectivity index (χ0v) is 20.1. The van der Waals surface area contributed by atoms with Gasteiger partial charge in [-0.3, -0.25) is 4.79 Å². The van der Waals surface area contributed by atoms with Crippen LogP contribution in [0.5, 0.6) is 0 Å². The number of carbonyl (C=O) groups is 1. The van der Waals surface area contributed by atoms with E-state index in [1.54, 1.807) is 6.08 Å². The van der Waals surface area contributed by atoms with Crippen LogP contribution in [0.1, 0.15) is 35.7 Å². The summed E-state index contributed by atoms with van der Waals surface area (Å²) < 4.78 is 12.8. The first-order valence-electron chi connectivity index (χ1n) is 11.0. The smallest absolute Gasteiger partial charge is 0.343 e. The molecular formula is C27H24BrNO4. The van der Waals surface area contributed by atoms with Crippen LogP contribution in [0, 0.1) is 29.6 Å². The molecule has 0 spiro atoms. The molecule has 2 heterocycles. The topological polar surface area (TPSA) is 60.4 Å². The number of halogens is 1. The van der Waals surface area contributed by atoms with Crippen LogP contribution in [0.3, 0.4) is 0 Å². The van der Waals surface area contributed by atoms with Gasteiger partial charge in [0.05, 0.1) is 18.1 Å². The maximum Gasteiger partial charge on any atom is 0.343 e. The second-order valence-electron chi connectivity index (χ2n) is 8.38. The maximum absolute atomic E-state index is 12.6. The summed E-state index contributed by atoms with van der Waals surface area (Å²) >= 11 is 0. The van der Waals surface area contributed by atoms with Crippen LogP contribution in [0.15, 0.2) is 51.8 Å². The van der Waals surface area contributed by atoms with Crippen molar-refractivity contribution in [2.24, 2.45) is 24.8 Å². The van der Waals surface area contributed by atoms with Gasteiger partial charge in [0.15, 0.2) is 6.20 Å². The fourth-order valence-electron chi connectivity index (χ4n) is 4.53. The number of rotatable bonds is 4. The van der Waals surface area contributed by atoms with Crippen molar-refractivity contribution in [1.29, 1.82) is 0 Å². The lowest BCUT2D eigenvalue weighted by Crippen LogP contribution is -3.00. The SMILES string of the molecule is CCOC(=O)C1C2C#Cc3cc4oc(=O)c(/C=C/c5cccc[n+]5C)cc4cc3CCC21.[Br-]. The lowest BCUT2D eigenvalue weighted by molar-refractivity contribution is -0.673. The first kappa shape index (κ1) is 23.0. The highest BCUT2D eigenvalue weighted by atomic mass is 79.9. The summed E-state index contributed by atoms with van der Waals surface area (Å²) in [4.78, 5) is 24.7. The zero-order chi connectivity index (χ0) is 22.2. The van der Waals surface area contributed by atoms with Crippen LogP contribution in [-0.4, -0.2) is 12.6 Å². The van der Waals surface area contributed by atoms with Crippen LogP contribution in [0.25, 0.3) is 23.1 Å². The molecule has 0 radical (unpaired) electrons. The Bertz CT molecular complexity index is 1380. The summed E-state index contributed by atoms with van der Waals surface area (Å²) in [5.74, 6) is 6.57. The lowest BCUT2D eigenvalue weighted by atomic mass is 9.96. The number of fused-ring (bicyclic) bond motifs is 3. The van der Waals surface area contributed by atoms with E-state index in [-0.39, 0.29) is 46.3 Å². The predicted molar refractivity (Wildman–Crippen MR) is 121 cm³/mol. The van der Waals surface area contributed by atoms with Gasteiger partial charge in [-0.1, -0.05) is 11.8 Å². The standard InChI is InChI=1S/C27H24NO4.BrH/c1-3-31-27(30)25-22-11-8-17-14-20-15-19(7-10-21-6-4-5-13-28(21)2)26(29)32-24(20)16-18(17)9-12-23(22)25;/h4-7,10,13-16,22-23,25H,3,8,11H2,1-2H3;1H/q+1;/p-1/b10-7+;. The molecule has 1 fully saturated rings. The Hall–Kier alpha value is -3.17. The Morgan fingerprint density at radius 3 is 2.91 bits per heavy atom. The van der Waals surface area contributed by atoms with Gasteiger partial charge in [0.1, 0.15) is 12.6 Å². The largest absolute Gasteiger partial charge is 1.00 e. The Kier molecular flexibility index (Phi) is 6.53. The number of pyridine rings is 1. The number of benzene rings is 1. The minimum atomic E-state index is -0.379. The molecule has 5 rings (SSSR count). The number of ether oxygens (including phenoxy) is 1. The van der Waals surface area contributed by atoms with Crippen molar-refractivity contribution in [3.05, 3.63) is 75.4 Å². The summed E-state index contributed by atoms with van der Waals surface area (Å²) in [6.45, 7) is 2.22. The van der Waals surface area contributed by atoms with Crippen LogP contribution in [-0.2, 0) is 23.0 Å². The molecule has 0 saturated heterocycles. The summed E-state index contributed by atoms with van der Waals surface area (Å²) in [7, 11) is 1.96. The van der Waals surface area contributed by atoms with Crippen LogP contribution in [0.2, 0.25) is 0 Å². The summed E-state index contributed by atoms with van der Waals surface area (Å²) in [6.07, 6.45) is 7.38. The molecule has 2 aromatic heterocycles. The summed E-state index contributed by atoms with van der Waals surface area (Å²) in [5, 5.41) is 0.872. The van der Waals surface area contributed by atoms with Gasteiger partial charge in [-0.05, 0) is 61.6 Å². The molecule has 3 unspecified atom stereocenters. The number of nitrogens with zero attached hydrogens (tertiary/aromatic N) is 1. The Morgan fingerprint density at radius 2 is 2.12 bits per heavy atom. The molecule has 0 amide bonds. The van der Waals surface area contributed by atoms with Crippen molar-refractivity contribution in [2.75, 3.05) is 6.61 Å². The molecule has 0 N–H and O–H groups in total. The van der Waals surface area contributed by atoms with Gasteiger partial charge in [0.25, 0.3) is 0 Å². The highest BCUT2D eigenvalue weighted by molar-refractivity contribution is 5.83. The number of carbonyl (C=O) groups excluding carboxylic acids is 1. The quantitative estimate of drug-likeness (QED) is 0.224. The predicted octanol–water partition coefficient (Wildman–Crippen LogP) is 0.515. The van der Waals surface area contributed by atoms with E-state index in [0.29, 0.717) is 17.8 Å². The van der Waals surface area contributed by atoms with Crippen molar-refractivity contribution in [3.63, 3.8) is 0 Å². The first-order chi connectivity index (χ1) is 15.5. The average molecular weight is 506 g/mol. The van der Waals surface area contributed by atoms with Crippen LogP contribution < -0.4 is 27.2 Å². The van der Waals surface area contributed by atoms with E-state index >= 15 is 0 Å². The summed E-state index contributed by atoms with van der Waals surface area (Å²) in [5.41, 5.74) is 3.62. The van der Waals surface area contributed by atoms with Crippen molar-refractivity contribution in [1.82, 2.24) is 0 Å². The fraction of sp³-hybridized carbons (Fsp3) is 0.296. The Morgan fingerprint density at radius 1 is 1.27 bits per heavy atom.